The quantitative estimate of drug-likeness (QED) is 0.853. The topological polar surface area (TPSA) is 73.1 Å². The van der Waals surface area contributed by atoms with E-state index in [2.05, 4.69) is 11.4 Å². The van der Waals surface area contributed by atoms with Crippen LogP contribution in [0.25, 0.3) is 0 Å². The molecule has 0 bridgehead atoms. The molecule has 1 saturated carbocycles. The van der Waals surface area contributed by atoms with Gasteiger partial charge in [0.05, 0.1) is 17.2 Å². The van der Waals surface area contributed by atoms with E-state index in [4.69, 9.17) is 10.4 Å². The summed E-state index contributed by atoms with van der Waals surface area (Å²) in [6.45, 7) is 0.621. The Labute approximate surface area is 106 Å². The normalized spacial score (nSPS) is 22.4. The zero-order valence-electron chi connectivity index (χ0n) is 10.1. The van der Waals surface area contributed by atoms with Gasteiger partial charge in [-0.25, -0.2) is 0 Å². The minimum atomic E-state index is -0.701. The Morgan fingerprint density at radius 2 is 2.22 bits per heavy atom. The summed E-state index contributed by atoms with van der Waals surface area (Å²) in [5.41, 5.74) is 1.39. The average molecular weight is 244 g/mol. The molecule has 0 radical (unpaired) electrons. The molecule has 0 heterocycles. The molecule has 0 spiro atoms. The molecule has 4 nitrogen and oxygen atoms in total. The van der Waals surface area contributed by atoms with Crippen LogP contribution in [0.5, 0.6) is 0 Å². The molecule has 1 aromatic carbocycles. The first-order valence-corrected chi connectivity index (χ1v) is 6.18. The lowest BCUT2D eigenvalue weighted by Crippen LogP contribution is -2.24. The van der Waals surface area contributed by atoms with Crippen LogP contribution >= 0.6 is 0 Å². The smallest absolute Gasteiger partial charge is 0.306 e. The Kier molecular flexibility index (Phi) is 3.83. The van der Waals surface area contributed by atoms with Crippen molar-refractivity contribution in [2.24, 2.45) is 11.8 Å². The lowest BCUT2D eigenvalue weighted by atomic mass is 9.96. The van der Waals surface area contributed by atoms with Crippen LogP contribution < -0.4 is 5.32 Å². The number of aliphatic carboxylic acids is 1. The zero-order valence-corrected chi connectivity index (χ0v) is 10.1. The minimum absolute atomic E-state index is 0.161. The Morgan fingerprint density at radius 1 is 1.44 bits per heavy atom. The van der Waals surface area contributed by atoms with E-state index in [0.29, 0.717) is 12.1 Å². The Hall–Kier alpha value is -2.02. The number of hydrogen-bond acceptors (Lipinski definition) is 3. The summed E-state index contributed by atoms with van der Waals surface area (Å²) in [6, 6.07) is 9.42. The maximum Gasteiger partial charge on any atom is 0.306 e. The molecule has 2 atom stereocenters. The molecule has 1 aromatic rings. The molecule has 0 aromatic heterocycles. The van der Waals surface area contributed by atoms with E-state index in [9.17, 15) is 4.79 Å². The van der Waals surface area contributed by atoms with Crippen LogP contribution in [0.4, 0.5) is 5.69 Å². The molecule has 2 unspecified atom stereocenters. The number of rotatable bonds is 4. The highest BCUT2D eigenvalue weighted by Gasteiger charge is 2.32. The molecule has 1 aliphatic carbocycles. The molecular weight excluding hydrogens is 228 g/mol. The second kappa shape index (κ2) is 5.54. The van der Waals surface area contributed by atoms with Gasteiger partial charge in [-0.3, -0.25) is 4.79 Å². The van der Waals surface area contributed by atoms with E-state index in [1.54, 1.807) is 6.07 Å². The number of carbonyl (C=O) groups is 1. The predicted octanol–water partition coefficient (Wildman–Crippen LogP) is 2.47. The standard InChI is InChI=1S/C14H16N2O2/c15-8-10-4-1-2-7-13(10)16-9-11-5-3-6-12(11)14(17)18/h1-2,4,7,11-12,16H,3,5-6,9H2,(H,17,18). The van der Waals surface area contributed by atoms with Gasteiger partial charge in [0.15, 0.2) is 0 Å². The Bertz CT molecular complexity index is 479. The fourth-order valence-electron chi connectivity index (χ4n) is 2.58. The molecule has 0 saturated heterocycles. The summed E-state index contributed by atoms with van der Waals surface area (Å²) in [5, 5.41) is 21.3. The molecule has 4 heteroatoms. The third-order valence-electron chi connectivity index (χ3n) is 3.58. The van der Waals surface area contributed by atoms with Gasteiger partial charge < -0.3 is 10.4 Å². The van der Waals surface area contributed by atoms with Crippen LogP contribution in [0.3, 0.4) is 0 Å². The molecule has 1 aliphatic rings. The highest BCUT2D eigenvalue weighted by atomic mass is 16.4. The summed E-state index contributed by atoms with van der Waals surface area (Å²) in [7, 11) is 0. The van der Waals surface area contributed by atoms with Crippen molar-refractivity contribution < 1.29 is 9.90 Å². The van der Waals surface area contributed by atoms with Crippen LogP contribution in [0.2, 0.25) is 0 Å². The van der Waals surface area contributed by atoms with Crippen LogP contribution in [-0.2, 0) is 4.79 Å². The molecule has 0 amide bonds. The molecular formula is C14H16N2O2. The van der Waals surface area contributed by atoms with E-state index < -0.39 is 5.97 Å². The van der Waals surface area contributed by atoms with Gasteiger partial charge in [-0.05, 0) is 30.9 Å². The van der Waals surface area contributed by atoms with Crippen molar-refractivity contribution in [2.75, 3.05) is 11.9 Å². The van der Waals surface area contributed by atoms with Crippen molar-refractivity contribution in [1.29, 1.82) is 5.26 Å². The van der Waals surface area contributed by atoms with Crippen molar-refractivity contribution in [3.63, 3.8) is 0 Å². The van der Waals surface area contributed by atoms with Gasteiger partial charge in [-0.15, -0.1) is 0 Å². The van der Waals surface area contributed by atoms with Gasteiger partial charge in [-0.1, -0.05) is 18.6 Å². The number of nitriles is 1. The maximum absolute atomic E-state index is 11.1. The lowest BCUT2D eigenvalue weighted by molar-refractivity contribution is -0.142. The van der Waals surface area contributed by atoms with Gasteiger partial charge in [0, 0.05) is 6.54 Å². The highest BCUT2D eigenvalue weighted by Crippen LogP contribution is 2.32. The molecule has 94 valence electrons. The van der Waals surface area contributed by atoms with Gasteiger partial charge in [0.1, 0.15) is 6.07 Å². The van der Waals surface area contributed by atoms with Crippen molar-refractivity contribution in [3.8, 4) is 6.07 Å². The number of hydrogen-bond donors (Lipinski definition) is 2. The largest absolute Gasteiger partial charge is 0.481 e. The van der Waals surface area contributed by atoms with Gasteiger partial charge in [-0.2, -0.15) is 5.26 Å². The number of benzene rings is 1. The molecule has 0 aliphatic heterocycles. The fourth-order valence-corrected chi connectivity index (χ4v) is 2.58. The monoisotopic (exact) mass is 244 g/mol. The summed E-state index contributed by atoms with van der Waals surface area (Å²) < 4.78 is 0. The number of anilines is 1. The first-order chi connectivity index (χ1) is 8.72. The second-order valence-corrected chi connectivity index (χ2v) is 4.67. The SMILES string of the molecule is N#Cc1ccccc1NCC1CCCC1C(=O)O. The summed E-state index contributed by atoms with van der Waals surface area (Å²) in [4.78, 5) is 11.1. The predicted molar refractivity (Wildman–Crippen MR) is 68.1 cm³/mol. The second-order valence-electron chi connectivity index (χ2n) is 4.67. The highest BCUT2D eigenvalue weighted by molar-refractivity contribution is 5.71. The Balaban J connectivity index is 1.99. The van der Waals surface area contributed by atoms with Crippen molar-refractivity contribution in [1.82, 2.24) is 0 Å². The van der Waals surface area contributed by atoms with Crippen LogP contribution in [0.1, 0.15) is 24.8 Å². The van der Waals surface area contributed by atoms with Gasteiger partial charge in [0.2, 0.25) is 0 Å². The van der Waals surface area contributed by atoms with Crippen LogP contribution in [-0.4, -0.2) is 17.6 Å². The molecule has 1 fully saturated rings. The summed E-state index contributed by atoms with van der Waals surface area (Å²) in [5.74, 6) is -0.783. The van der Waals surface area contributed by atoms with E-state index in [1.165, 1.54) is 0 Å². The van der Waals surface area contributed by atoms with Gasteiger partial charge in [0.25, 0.3) is 0 Å². The number of carboxylic acid groups (broad SMARTS) is 1. The van der Waals surface area contributed by atoms with E-state index in [-0.39, 0.29) is 11.8 Å². The zero-order chi connectivity index (χ0) is 13.0. The number of para-hydroxylation sites is 1. The lowest BCUT2D eigenvalue weighted by Gasteiger charge is -2.17. The first kappa shape index (κ1) is 12.4. The number of carboxylic acids is 1. The fraction of sp³-hybridized carbons (Fsp3) is 0.429. The molecule has 18 heavy (non-hydrogen) atoms. The van der Waals surface area contributed by atoms with Crippen LogP contribution in [0, 0.1) is 23.2 Å². The average Bonchev–Trinajstić information content (AvgIpc) is 2.85. The van der Waals surface area contributed by atoms with Crippen LogP contribution in [0.15, 0.2) is 24.3 Å². The third kappa shape index (κ3) is 2.62. The van der Waals surface area contributed by atoms with E-state index >= 15 is 0 Å². The van der Waals surface area contributed by atoms with E-state index in [0.717, 1.165) is 24.9 Å². The van der Waals surface area contributed by atoms with E-state index in [1.807, 2.05) is 18.2 Å². The molecule has 2 rings (SSSR count). The summed E-state index contributed by atoms with van der Waals surface area (Å²) >= 11 is 0. The van der Waals surface area contributed by atoms with Crippen molar-refractivity contribution in [2.45, 2.75) is 19.3 Å². The number of nitrogens with zero attached hydrogens (tertiary/aromatic N) is 1. The third-order valence-corrected chi connectivity index (χ3v) is 3.58. The Morgan fingerprint density at radius 3 is 2.94 bits per heavy atom. The number of nitrogens with one attached hydrogen (secondary N) is 1. The molecule has 2 N–H and O–H groups in total. The summed E-state index contributed by atoms with van der Waals surface area (Å²) in [6.07, 6.45) is 2.68. The minimum Gasteiger partial charge on any atom is -0.481 e. The van der Waals surface area contributed by atoms with Gasteiger partial charge >= 0.3 is 5.97 Å². The maximum atomic E-state index is 11.1. The van der Waals surface area contributed by atoms with Crippen molar-refractivity contribution in [3.05, 3.63) is 29.8 Å². The first-order valence-electron chi connectivity index (χ1n) is 6.18. The van der Waals surface area contributed by atoms with Crippen molar-refractivity contribution >= 4 is 11.7 Å².